The molecular weight excluding hydrogens is 351 g/mol. The Kier molecular flexibility index (Phi) is 7.24. The van der Waals surface area contributed by atoms with Crippen LogP contribution < -0.4 is 4.57 Å². The van der Waals surface area contributed by atoms with Gasteiger partial charge in [-0.15, -0.1) is 6.58 Å². The minimum absolute atomic E-state index is 0.991. The molecule has 0 fully saturated rings. The number of halogens is 4. The molecule has 4 nitrogen and oxygen atoms in total. The molecule has 0 N–H and O–H groups in total. The summed E-state index contributed by atoms with van der Waals surface area (Å²) in [7, 11) is -6.09. The van der Waals surface area contributed by atoms with Crippen molar-refractivity contribution in [3.8, 4) is 0 Å². The molecule has 0 amide bonds. The number of rotatable bonds is 3. The first-order chi connectivity index (χ1) is 8.59. The summed E-state index contributed by atoms with van der Waals surface area (Å²) in [6, 6.07) is 6.06. The molecule has 0 aliphatic carbocycles. The largest absolute Gasteiger partial charge is 0.741 e. The Morgan fingerprint density at radius 2 is 1.95 bits per heavy atom. The molecule has 1 rings (SSSR count). The molecule has 108 valence electrons. The van der Waals surface area contributed by atoms with Crippen molar-refractivity contribution >= 4 is 26.0 Å². The van der Waals surface area contributed by atoms with Crippen LogP contribution in [0.25, 0.3) is 0 Å². The van der Waals surface area contributed by atoms with Gasteiger partial charge in [-0.2, -0.15) is 17.7 Å². The van der Waals surface area contributed by atoms with Crippen LogP contribution in [-0.4, -0.2) is 18.5 Å². The lowest BCUT2D eigenvalue weighted by atomic mass is 10.4. The van der Waals surface area contributed by atoms with Crippen LogP contribution in [0, 0.1) is 0 Å². The number of allylic oxidation sites excluding steroid dienone is 1. The molecule has 1 heterocycles. The van der Waals surface area contributed by atoms with Crippen LogP contribution in [0.2, 0.25) is 0 Å². The van der Waals surface area contributed by atoms with Crippen LogP contribution in [-0.2, 0) is 16.7 Å². The summed E-state index contributed by atoms with van der Waals surface area (Å²) in [4.78, 5) is 0. The fraction of sp³-hybridized carbons (Fsp3) is 0.300. The summed E-state index contributed by atoms with van der Waals surface area (Å²) < 4.78 is 62.2. The topological polar surface area (TPSA) is 61.1 Å². The molecule has 0 saturated heterocycles. The van der Waals surface area contributed by atoms with Crippen molar-refractivity contribution in [1.82, 2.24) is 0 Å². The van der Waals surface area contributed by atoms with E-state index in [-0.39, 0.29) is 0 Å². The van der Waals surface area contributed by atoms with Crippen molar-refractivity contribution in [1.29, 1.82) is 0 Å². The van der Waals surface area contributed by atoms with Crippen LogP contribution in [0.5, 0.6) is 0 Å². The minimum Gasteiger partial charge on any atom is -0.741 e. The Hall–Kier alpha value is -0.930. The fourth-order valence-electron chi connectivity index (χ4n) is 0.867. The summed E-state index contributed by atoms with van der Waals surface area (Å²) in [5, 5.41) is 0. The number of hydrogen-bond donors (Lipinski definition) is 0. The normalized spacial score (nSPS) is 11.4. The zero-order valence-electron chi connectivity index (χ0n) is 9.60. The molecule has 0 aromatic carbocycles. The predicted molar refractivity (Wildman–Crippen MR) is 64.9 cm³/mol. The fourth-order valence-corrected chi connectivity index (χ4v) is 1.32. The second kappa shape index (κ2) is 7.61. The number of aromatic nitrogens is 1. The number of pyridine rings is 1. The molecule has 1 aromatic rings. The highest BCUT2D eigenvalue weighted by atomic mass is 79.9. The Morgan fingerprint density at radius 3 is 2.32 bits per heavy atom. The van der Waals surface area contributed by atoms with E-state index in [2.05, 4.69) is 27.1 Å². The van der Waals surface area contributed by atoms with E-state index in [1.54, 1.807) is 0 Å². The van der Waals surface area contributed by atoms with E-state index >= 15 is 0 Å². The monoisotopic (exact) mass is 361 g/mol. The predicted octanol–water partition coefficient (Wildman–Crippen LogP) is 2.36. The van der Waals surface area contributed by atoms with Crippen molar-refractivity contribution in [2.45, 2.75) is 18.5 Å². The lowest BCUT2D eigenvalue weighted by Gasteiger charge is -2.08. The van der Waals surface area contributed by atoms with Crippen LogP contribution in [0.15, 0.2) is 41.7 Å². The van der Waals surface area contributed by atoms with Crippen molar-refractivity contribution in [3.63, 3.8) is 0 Å². The molecule has 0 spiro atoms. The average Bonchev–Trinajstić information content (AvgIpc) is 2.26. The lowest BCUT2D eigenvalue weighted by molar-refractivity contribution is -0.706. The smallest absolute Gasteiger partial charge is 0.485 e. The van der Waals surface area contributed by atoms with Crippen LogP contribution in [0.3, 0.4) is 0 Å². The zero-order valence-corrected chi connectivity index (χ0v) is 12.0. The van der Waals surface area contributed by atoms with Gasteiger partial charge in [0.25, 0.3) is 0 Å². The Morgan fingerprint density at radius 1 is 1.42 bits per heavy atom. The van der Waals surface area contributed by atoms with E-state index in [0.717, 1.165) is 17.6 Å². The molecule has 1 aromatic heterocycles. The van der Waals surface area contributed by atoms with E-state index < -0.39 is 15.6 Å². The first-order valence-electron chi connectivity index (χ1n) is 4.86. The summed E-state index contributed by atoms with van der Waals surface area (Å²) in [6.07, 6.45) is 4.98. The van der Waals surface area contributed by atoms with Crippen LogP contribution in [0.1, 0.15) is 6.42 Å². The molecule has 0 unspecified atom stereocenters. The number of aryl methyl sites for hydroxylation is 1. The Bertz CT molecular complexity index is 517. The van der Waals surface area contributed by atoms with Gasteiger partial charge in [0.05, 0.1) is 0 Å². The first-order valence-corrected chi connectivity index (χ1v) is 7.06. The second-order valence-electron chi connectivity index (χ2n) is 3.19. The minimum atomic E-state index is -6.09. The maximum absolute atomic E-state index is 10.7. The maximum Gasteiger partial charge on any atom is 0.485 e. The van der Waals surface area contributed by atoms with E-state index in [9.17, 15) is 13.2 Å². The van der Waals surface area contributed by atoms with Gasteiger partial charge in [-0.25, -0.2) is 8.42 Å². The van der Waals surface area contributed by atoms with Gasteiger partial charge in [-0.05, 0) is 6.07 Å². The van der Waals surface area contributed by atoms with Gasteiger partial charge in [0, 0.05) is 34.5 Å². The van der Waals surface area contributed by atoms with Crippen molar-refractivity contribution in [2.75, 3.05) is 0 Å². The third-order valence-corrected chi connectivity index (χ3v) is 3.03. The molecule has 19 heavy (non-hydrogen) atoms. The molecule has 0 aliphatic rings. The Balaban J connectivity index is 0.000000362. The second-order valence-corrected chi connectivity index (χ2v) is 5.38. The summed E-state index contributed by atoms with van der Waals surface area (Å²) in [6.45, 7) is 4.67. The van der Waals surface area contributed by atoms with Gasteiger partial charge >= 0.3 is 5.51 Å². The maximum atomic E-state index is 10.7. The lowest BCUT2D eigenvalue weighted by Crippen LogP contribution is -2.34. The highest BCUT2D eigenvalue weighted by Crippen LogP contribution is 2.20. The van der Waals surface area contributed by atoms with E-state index in [0.29, 0.717) is 0 Å². The van der Waals surface area contributed by atoms with Gasteiger partial charge in [-0.1, -0.05) is 6.08 Å². The van der Waals surface area contributed by atoms with Gasteiger partial charge in [0.15, 0.2) is 22.9 Å². The quantitative estimate of drug-likeness (QED) is 0.273. The first kappa shape index (κ1) is 18.1. The van der Waals surface area contributed by atoms with E-state index in [1.807, 2.05) is 30.5 Å². The molecular formula is C10H11BrF3NO3S. The summed E-state index contributed by atoms with van der Waals surface area (Å²) in [5.74, 6) is 0. The van der Waals surface area contributed by atoms with Crippen molar-refractivity contribution in [3.05, 3.63) is 41.7 Å². The van der Waals surface area contributed by atoms with E-state index in [4.69, 9.17) is 13.0 Å². The zero-order chi connectivity index (χ0) is 15.1. The molecule has 0 bridgehead atoms. The van der Waals surface area contributed by atoms with Crippen LogP contribution in [0.4, 0.5) is 13.2 Å². The van der Waals surface area contributed by atoms with Crippen molar-refractivity contribution < 1.29 is 30.7 Å². The average molecular weight is 362 g/mol. The van der Waals surface area contributed by atoms with Gasteiger partial charge in [-0.3, -0.25) is 0 Å². The van der Waals surface area contributed by atoms with Gasteiger partial charge < -0.3 is 4.55 Å². The van der Waals surface area contributed by atoms with Crippen LogP contribution >= 0.6 is 15.9 Å². The standard InChI is InChI=1S/C9H11BrN.CHF3O3S/c1-2-3-7-11-8-5-4-6-9(11)10;2-1(3,4)8(5,6)7/h2,4-6,8H,1,3,7H2;(H,5,6,7)/q+1;/p-1. The molecule has 0 saturated carbocycles. The number of alkyl halides is 3. The summed E-state index contributed by atoms with van der Waals surface area (Å²) in [5.41, 5.74) is -5.65. The molecule has 0 aliphatic heterocycles. The highest BCUT2D eigenvalue weighted by Gasteiger charge is 2.36. The van der Waals surface area contributed by atoms with Gasteiger partial charge in [0.1, 0.15) is 0 Å². The highest BCUT2D eigenvalue weighted by molar-refractivity contribution is 9.10. The van der Waals surface area contributed by atoms with Crippen molar-refractivity contribution in [2.24, 2.45) is 0 Å². The van der Waals surface area contributed by atoms with E-state index in [1.165, 1.54) is 0 Å². The third kappa shape index (κ3) is 7.28. The Labute approximate surface area is 117 Å². The summed E-state index contributed by atoms with van der Waals surface area (Å²) >= 11 is 3.46. The third-order valence-electron chi connectivity index (χ3n) is 1.74. The number of hydrogen-bond acceptors (Lipinski definition) is 3. The molecule has 9 heteroatoms. The molecule has 0 atom stereocenters. The number of nitrogens with zero attached hydrogens (tertiary/aromatic N) is 1. The SMILES string of the molecule is C=CCC[n+]1ccccc1Br.O=S(=O)([O-])C(F)(F)F. The molecule has 0 radical (unpaired) electrons. The van der Waals surface area contributed by atoms with Gasteiger partial charge in [0.2, 0.25) is 4.60 Å².